The molecule has 0 aromatic heterocycles. The summed E-state index contributed by atoms with van der Waals surface area (Å²) in [4.78, 5) is 11.3. The summed E-state index contributed by atoms with van der Waals surface area (Å²) in [6, 6.07) is 8.50. The predicted octanol–water partition coefficient (Wildman–Crippen LogP) is 2.68. The molecule has 1 aromatic carbocycles. The van der Waals surface area contributed by atoms with Gasteiger partial charge < -0.3 is 10.1 Å². The summed E-state index contributed by atoms with van der Waals surface area (Å²) in [5.74, 6) is -0.191. The topological polar surface area (TPSA) is 38.3 Å². The molecule has 0 spiro atoms. The molecular weight excluding hydrogens is 226 g/mol. The smallest absolute Gasteiger partial charge is 0.309 e. The summed E-state index contributed by atoms with van der Waals surface area (Å²) in [5, 5.41) is 3.48. The van der Waals surface area contributed by atoms with Crippen LogP contribution >= 0.6 is 0 Å². The number of hydrogen-bond acceptors (Lipinski definition) is 3. The first-order chi connectivity index (χ1) is 8.67. The van der Waals surface area contributed by atoms with Crippen LogP contribution in [0.5, 0.6) is 0 Å². The number of carbonyl (C=O) groups excluding carboxylic acids is 1. The fourth-order valence-corrected chi connectivity index (χ4v) is 1.95. The van der Waals surface area contributed by atoms with Crippen LogP contribution in [0.3, 0.4) is 0 Å². The summed E-state index contributed by atoms with van der Waals surface area (Å²) < 4.78 is 4.71. The van der Waals surface area contributed by atoms with Crippen molar-refractivity contribution in [2.45, 2.75) is 45.7 Å². The minimum atomic E-state index is -0.191. The van der Waals surface area contributed by atoms with E-state index in [2.05, 4.69) is 25.2 Å². The van der Waals surface area contributed by atoms with Gasteiger partial charge in [-0.2, -0.15) is 0 Å². The van der Waals surface area contributed by atoms with Crippen molar-refractivity contribution in [3.8, 4) is 0 Å². The molecule has 1 atom stereocenters. The first-order valence-electron chi connectivity index (χ1n) is 6.54. The second kappa shape index (κ2) is 7.88. The molecule has 0 heterocycles. The molecular formula is C15H23NO2. The van der Waals surface area contributed by atoms with E-state index in [9.17, 15) is 4.79 Å². The van der Waals surface area contributed by atoms with Gasteiger partial charge in [0.15, 0.2) is 0 Å². The Bertz CT molecular complexity index is 377. The van der Waals surface area contributed by atoms with Crippen molar-refractivity contribution in [3.63, 3.8) is 0 Å². The fraction of sp³-hybridized carbons (Fsp3) is 0.533. The number of methoxy groups -OCH3 is 1. The van der Waals surface area contributed by atoms with Gasteiger partial charge in [-0.25, -0.2) is 0 Å². The lowest BCUT2D eigenvalue weighted by molar-refractivity contribution is -0.139. The minimum Gasteiger partial charge on any atom is -0.469 e. The second-order valence-corrected chi connectivity index (χ2v) is 4.59. The van der Waals surface area contributed by atoms with Gasteiger partial charge >= 0.3 is 5.97 Å². The van der Waals surface area contributed by atoms with Crippen LogP contribution in [0.1, 0.15) is 37.8 Å². The van der Waals surface area contributed by atoms with Crippen LogP contribution < -0.4 is 5.32 Å². The molecule has 1 rings (SSSR count). The Hall–Kier alpha value is -1.35. The van der Waals surface area contributed by atoms with Gasteiger partial charge in [-0.3, -0.25) is 4.79 Å². The van der Waals surface area contributed by atoms with Crippen LogP contribution in [0.2, 0.25) is 0 Å². The van der Waals surface area contributed by atoms with Crippen LogP contribution in [-0.2, 0) is 22.5 Å². The zero-order valence-electron chi connectivity index (χ0n) is 11.5. The highest BCUT2D eigenvalue weighted by Gasteiger charge is 2.08. The third-order valence-corrected chi connectivity index (χ3v) is 3.04. The number of nitrogens with one attached hydrogen (secondary N) is 1. The second-order valence-electron chi connectivity index (χ2n) is 4.59. The lowest BCUT2D eigenvalue weighted by atomic mass is 10.0. The van der Waals surface area contributed by atoms with Crippen molar-refractivity contribution in [3.05, 3.63) is 35.4 Å². The molecule has 0 saturated carbocycles. The molecule has 0 aliphatic heterocycles. The third-order valence-electron chi connectivity index (χ3n) is 3.04. The van der Waals surface area contributed by atoms with Gasteiger partial charge in [-0.05, 0) is 24.5 Å². The summed E-state index contributed by atoms with van der Waals surface area (Å²) in [5.41, 5.74) is 2.21. The zero-order chi connectivity index (χ0) is 13.4. The lowest BCUT2D eigenvalue weighted by Crippen LogP contribution is -2.25. The quantitative estimate of drug-likeness (QED) is 0.755. The van der Waals surface area contributed by atoms with E-state index in [-0.39, 0.29) is 5.97 Å². The van der Waals surface area contributed by atoms with E-state index < -0.39 is 0 Å². The minimum absolute atomic E-state index is 0.191. The van der Waals surface area contributed by atoms with Gasteiger partial charge in [-0.15, -0.1) is 0 Å². The molecule has 0 aliphatic rings. The molecule has 0 aliphatic carbocycles. The van der Waals surface area contributed by atoms with Crippen LogP contribution in [0.4, 0.5) is 0 Å². The summed E-state index contributed by atoms with van der Waals surface area (Å²) >= 11 is 0. The van der Waals surface area contributed by atoms with E-state index in [4.69, 9.17) is 4.74 Å². The maximum atomic E-state index is 11.3. The highest BCUT2D eigenvalue weighted by Crippen LogP contribution is 2.10. The molecule has 0 fully saturated rings. The Labute approximate surface area is 110 Å². The SMILES string of the molecule is CCCC(C)NCc1ccccc1CC(=O)OC. The average molecular weight is 249 g/mol. The highest BCUT2D eigenvalue weighted by molar-refractivity contribution is 5.72. The number of carbonyl (C=O) groups is 1. The van der Waals surface area contributed by atoms with Crippen LogP contribution in [0, 0.1) is 0 Å². The Kier molecular flexibility index (Phi) is 6.44. The summed E-state index contributed by atoms with van der Waals surface area (Å²) in [6.45, 7) is 5.17. The Morgan fingerprint density at radius 2 is 2.00 bits per heavy atom. The maximum Gasteiger partial charge on any atom is 0.309 e. The van der Waals surface area contributed by atoms with Gasteiger partial charge in [0.2, 0.25) is 0 Å². The maximum absolute atomic E-state index is 11.3. The molecule has 0 saturated heterocycles. The summed E-state index contributed by atoms with van der Waals surface area (Å²) in [7, 11) is 1.42. The van der Waals surface area contributed by atoms with Crippen LogP contribution in [0.15, 0.2) is 24.3 Å². The van der Waals surface area contributed by atoms with Crippen molar-refractivity contribution < 1.29 is 9.53 Å². The van der Waals surface area contributed by atoms with Gasteiger partial charge in [-0.1, -0.05) is 37.6 Å². The predicted molar refractivity (Wildman–Crippen MR) is 73.4 cm³/mol. The van der Waals surface area contributed by atoms with Crippen LogP contribution in [0.25, 0.3) is 0 Å². The van der Waals surface area contributed by atoms with Gasteiger partial charge in [0.05, 0.1) is 13.5 Å². The Balaban J connectivity index is 2.61. The Morgan fingerprint density at radius 3 is 2.61 bits per heavy atom. The van der Waals surface area contributed by atoms with Gasteiger partial charge in [0, 0.05) is 12.6 Å². The molecule has 0 bridgehead atoms. The van der Waals surface area contributed by atoms with Crippen molar-refractivity contribution in [1.29, 1.82) is 0 Å². The van der Waals surface area contributed by atoms with E-state index in [1.54, 1.807) is 0 Å². The van der Waals surface area contributed by atoms with E-state index in [1.165, 1.54) is 25.5 Å². The standard InChI is InChI=1S/C15H23NO2/c1-4-7-12(2)16-11-14-9-6-5-8-13(14)10-15(17)18-3/h5-6,8-9,12,16H,4,7,10-11H2,1-3H3. The zero-order valence-corrected chi connectivity index (χ0v) is 11.5. The molecule has 1 N–H and O–H groups in total. The molecule has 1 aromatic rings. The van der Waals surface area contributed by atoms with E-state index in [0.29, 0.717) is 12.5 Å². The van der Waals surface area contributed by atoms with Crippen molar-refractivity contribution in [1.82, 2.24) is 5.32 Å². The normalized spacial score (nSPS) is 12.2. The average Bonchev–Trinajstić information content (AvgIpc) is 2.38. The van der Waals surface area contributed by atoms with Crippen molar-refractivity contribution in [2.75, 3.05) is 7.11 Å². The number of hydrogen-bond donors (Lipinski definition) is 1. The lowest BCUT2D eigenvalue weighted by Gasteiger charge is -2.14. The summed E-state index contributed by atoms with van der Waals surface area (Å²) in [6.07, 6.45) is 2.69. The molecule has 1 unspecified atom stereocenters. The third kappa shape index (κ3) is 4.88. The molecule has 18 heavy (non-hydrogen) atoms. The van der Waals surface area contributed by atoms with E-state index in [1.807, 2.05) is 18.2 Å². The van der Waals surface area contributed by atoms with Gasteiger partial charge in [0.25, 0.3) is 0 Å². The molecule has 100 valence electrons. The van der Waals surface area contributed by atoms with Crippen molar-refractivity contribution in [2.24, 2.45) is 0 Å². The fourth-order valence-electron chi connectivity index (χ4n) is 1.95. The number of rotatable bonds is 7. The van der Waals surface area contributed by atoms with E-state index in [0.717, 1.165) is 12.1 Å². The van der Waals surface area contributed by atoms with E-state index >= 15 is 0 Å². The highest BCUT2D eigenvalue weighted by atomic mass is 16.5. The van der Waals surface area contributed by atoms with Crippen LogP contribution in [-0.4, -0.2) is 19.1 Å². The number of esters is 1. The number of ether oxygens (including phenoxy) is 1. The monoisotopic (exact) mass is 249 g/mol. The first-order valence-corrected chi connectivity index (χ1v) is 6.54. The van der Waals surface area contributed by atoms with Crippen molar-refractivity contribution >= 4 is 5.97 Å². The number of benzene rings is 1. The first kappa shape index (κ1) is 14.7. The van der Waals surface area contributed by atoms with Gasteiger partial charge in [0.1, 0.15) is 0 Å². The largest absolute Gasteiger partial charge is 0.469 e. The Morgan fingerprint density at radius 1 is 1.33 bits per heavy atom. The molecule has 3 nitrogen and oxygen atoms in total. The molecule has 3 heteroatoms. The molecule has 0 radical (unpaired) electrons. The molecule has 0 amide bonds.